The molecule has 5 nitrogen and oxygen atoms in total. The van der Waals surface area contributed by atoms with Gasteiger partial charge in [0.25, 0.3) is 5.91 Å². The van der Waals surface area contributed by atoms with Gasteiger partial charge < -0.3 is 15.0 Å². The van der Waals surface area contributed by atoms with Gasteiger partial charge in [0.1, 0.15) is 12.8 Å². The highest BCUT2D eigenvalue weighted by atomic mass is 16.5. The van der Waals surface area contributed by atoms with Crippen molar-refractivity contribution < 1.29 is 14.3 Å². The van der Waals surface area contributed by atoms with Crippen molar-refractivity contribution in [2.45, 2.75) is 26.4 Å². The van der Waals surface area contributed by atoms with Gasteiger partial charge in [-0.2, -0.15) is 0 Å². The summed E-state index contributed by atoms with van der Waals surface area (Å²) in [5.74, 6) is -0.0311. The molecule has 1 atom stereocenters. The minimum absolute atomic E-state index is 0.0508. The van der Waals surface area contributed by atoms with Crippen molar-refractivity contribution in [2.24, 2.45) is 0 Å². The van der Waals surface area contributed by atoms with Gasteiger partial charge in [-0.25, -0.2) is 0 Å². The third-order valence-corrected chi connectivity index (χ3v) is 3.08. The van der Waals surface area contributed by atoms with Crippen molar-refractivity contribution in [3.63, 3.8) is 0 Å². The number of nitrogens with one attached hydrogen (secondary N) is 1. The van der Waals surface area contributed by atoms with Crippen LogP contribution in [0.25, 0.3) is 0 Å². The lowest BCUT2D eigenvalue weighted by Gasteiger charge is -2.13. The minimum atomic E-state index is -0.317. The molecule has 1 saturated heterocycles. The fraction of sp³-hybridized carbons (Fsp3) is 0.429. The fourth-order valence-corrected chi connectivity index (χ4v) is 1.99. The summed E-state index contributed by atoms with van der Waals surface area (Å²) >= 11 is 0. The Morgan fingerprint density at radius 3 is 2.63 bits per heavy atom. The highest BCUT2D eigenvalue weighted by Gasteiger charge is 2.27. The Kier molecular flexibility index (Phi) is 4.16. The van der Waals surface area contributed by atoms with Crippen LogP contribution in [0, 0.1) is 0 Å². The smallest absolute Gasteiger partial charge is 0.253 e. The molecule has 0 aromatic heterocycles. The van der Waals surface area contributed by atoms with Crippen LogP contribution in [-0.2, 0) is 20.7 Å². The van der Waals surface area contributed by atoms with Crippen LogP contribution in [0.1, 0.15) is 19.4 Å². The maximum absolute atomic E-state index is 11.7. The average Bonchev–Trinajstić information content (AvgIpc) is 2.69. The van der Waals surface area contributed by atoms with Crippen molar-refractivity contribution in [1.82, 2.24) is 4.90 Å². The average molecular weight is 262 g/mol. The van der Waals surface area contributed by atoms with Crippen LogP contribution in [-0.4, -0.2) is 36.1 Å². The molecular formula is C14H18N2O3. The summed E-state index contributed by atoms with van der Waals surface area (Å²) < 4.78 is 5.26. The van der Waals surface area contributed by atoms with Crippen molar-refractivity contribution >= 4 is 17.5 Å². The van der Waals surface area contributed by atoms with Gasteiger partial charge in [-0.15, -0.1) is 0 Å². The SMILES string of the molecule is CC(=O)Nc1ccc(CCN2CO[C@H](C)C2=O)cc1. The van der Waals surface area contributed by atoms with E-state index in [0.29, 0.717) is 13.3 Å². The van der Waals surface area contributed by atoms with E-state index in [9.17, 15) is 9.59 Å². The largest absolute Gasteiger partial charge is 0.348 e. The van der Waals surface area contributed by atoms with Gasteiger partial charge in [-0.1, -0.05) is 12.1 Å². The van der Waals surface area contributed by atoms with Crippen molar-refractivity contribution in [1.29, 1.82) is 0 Å². The molecule has 1 aliphatic heterocycles. The lowest BCUT2D eigenvalue weighted by Crippen LogP contribution is -2.30. The molecule has 1 aromatic rings. The Morgan fingerprint density at radius 2 is 2.11 bits per heavy atom. The third kappa shape index (κ3) is 3.54. The zero-order valence-corrected chi connectivity index (χ0v) is 11.2. The zero-order valence-electron chi connectivity index (χ0n) is 11.2. The summed E-state index contributed by atoms with van der Waals surface area (Å²) in [5.41, 5.74) is 1.91. The number of hydrogen-bond donors (Lipinski definition) is 1. The fourth-order valence-electron chi connectivity index (χ4n) is 1.99. The van der Waals surface area contributed by atoms with E-state index in [1.165, 1.54) is 6.92 Å². The molecule has 1 fully saturated rings. The number of hydrogen-bond acceptors (Lipinski definition) is 3. The number of carbonyl (C=O) groups excluding carboxylic acids is 2. The predicted molar refractivity (Wildman–Crippen MR) is 71.6 cm³/mol. The summed E-state index contributed by atoms with van der Waals surface area (Å²) in [4.78, 5) is 24.3. The Bertz CT molecular complexity index is 470. The maximum Gasteiger partial charge on any atom is 0.253 e. The molecule has 0 spiro atoms. The first kappa shape index (κ1) is 13.5. The quantitative estimate of drug-likeness (QED) is 0.892. The number of nitrogens with zero attached hydrogens (tertiary/aromatic N) is 1. The molecule has 1 heterocycles. The van der Waals surface area contributed by atoms with E-state index in [4.69, 9.17) is 4.74 Å². The Hall–Kier alpha value is -1.88. The Labute approximate surface area is 112 Å². The summed E-state index contributed by atoms with van der Waals surface area (Å²) in [6, 6.07) is 7.63. The van der Waals surface area contributed by atoms with Gasteiger partial charge >= 0.3 is 0 Å². The third-order valence-electron chi connectivity index (χ3n) is 3.08. The van der Waals surface area contributed by atoms with E-state index in [0.717, 1.165) is 17.7 Å². The molecule has 5 heteroatoms. The van der Waals surface area contributed by atoms with E-state index < -0.39 is 0 Å². The standard InChI is InChI=1S/C14H18N2O3/c1-10-14(18)16(9-19-10)8-7-12-3-5-13(6-4-12)15-11(2)17/h3-6,10H,7-9H2,1-2H3,(H,15,17)/t10-/m1/s1. The van der Waals surface area contributed by atoms with Crippen molar-refractivity contribution in [2.75, 3.05) is 18.6 Å². The molecule has 102 valence electrons. The number of amides is 2. The van der Waals surface area contributed by atoms with Crippen molar-refractivity contribution in [3.8, 4) is 0 Å². The molecule has 0 radical (unpaired) electrons. The zero-order chi connectivity index (χ0) is 13.8. The highest BCUT2D eigenvalue weighted by molar-refractivity contribution is 5.88. The van der Waals surface area contributed by atoms with E-state index in [-0.39, 0.29) is 17.9 Å². The molecule has 2 rings (SSSR count). The Balaban J connectivity index is 1.86. The number of rotatable bonds is 4. The molecule has 1 aliphatic rings. The second-order valence-electron chi connectivity index (χ2n) is 4.67. The molecule has 0 aliphatic carbocycles. The van der Waals surface area contributed by atoms with Gasteiger partial charge in [0.05, 0.1) is 0 Å². The topological polar surface area (TPSA) is 58.6 Å². The van der Waals surface area contributed by atoms with Crippen molar-refractivity contribution in [3.05, 3.63) is 29.8 Å². The number of ether oxygens (including phenoxy) is 1. The van der Waals surface area contributed by atoms with E-state index in [1.807, 2.05) is 24.3 Å². The van der Waals surface area contributed by atoms with Crippen LogP contribution in [0.3, 0.4) is 0 Å². The Morgan fingerprint density at radius 1 is 1.42 bits per heavy atom. The maximum atomic E-state index is 11.7. The first-order valence-corrected chi connectivity index (χ1v) is 6.33. The van der Waals surface area contributed by atoms with E-state index in [2.05, 4.69) is 5.32 Å². The second kappa shape index (κ2) is 5.84. The molecule has 0 unspecified atom stereocenters. The first-order chi connectivity index (χ1) is 9.06. The summed E-state index contributed by atoms with van der Waals surface area (Å²) in [5, 5.41) is 2.72. The number of benzene rings is 1. The van der Waals surface area contributed by atoms with Gasteiger partial charge in [0, 0.05) is 19.2 Å². The van der Waals surface area contributed by atoms with E-state index >= 15 is 0 Å². The van der Waals surface area contributed by atoms with Gasteiger partial charge in [-0.3, -0.25) is 9.59 Å². The second-order valence-corrected chi connectivity index (χ2v) is 4.67. The normalized spacial score (nSPS) is 18.7. The molecule has 0 bridgehead atoms. The first-order valence-electron chi connectivity index (χ1n) is 6.33. The van der Waals surface area contributed by atoms with Crippen LogP contribution < -0.4 is 5.32 Å². The molecule has 19 heavy (non-hydrogen) atoms. The monoisotopic (exact) mass is 262 g/mol. The molecule has 2 amide bonds. The summed E-state index contributed by atoms with van der Waals surface area (Å²) in [6.45, 7) is 4.28. The van der Waals surface area contributed by atoms with Crippen LogP contribution in [0.2, 0.25) is 0 Å². The number of anilines is 1. The van der Waals surface area contributed by atoms with Gasteiger partial charge in [0.15, 0.2) is 0 Å². The molecular weight excluding hydrogens is 244 g/mol. The molecule has 1 N–H and O–H groups in total. The van der Waals surface area contributed by atoms with Gasteiger partial charge in [0.2, 0.25) is 5.91 Å². The van der Waals surface area contributed by atoms with Crippen LogP contribution in [0.4, 0.5) is 5.69 Å². The minimum Gasteiger partial charge on any atom is -0.348 e. The van der Waals surface area contributed by atoms with E-state index in [1.54, 1.807) is 11.8 Å². The lowest BCUT2D eigenvalue weighted by atomic mass is 10.1. The lowest BCUT2D eigenvalue weighted by molar-refractivity contribution is -0.129. The predicted octanol–water partition coefficient (Wildman–Crippen LogP) is 1.39. The molecule has 1 aromatic carbocycles. The van der Waals surface area contributed by atoms with Crippen LogP contribution >= 0.6 is 0 Å². The van der Waals surface area contributed by atoms with Crippen LogP contribution in [0.15, 0.2) is 24.3 Å². The highest BCUT2D eigenvalue weighted by Crippen LogP contribution is 2.13. The van der Waals surface area contributed by atoms with Crippen LogP contribution in [0.5, 0.6) is 0 Å². The summed E-state index contributed by atoms with van der Waals surface area (Å²) in [7, 11) is 0. The summed E-state index contributed by atoms with van der Waals surface area (Å²) in [6.07, 6.45) is 0.462. The van der Waals surface area contributed by atoms with Gasteiger partial charge in [-0.05, 0) is 31.0 Å². The number of carbonyl (C=O) groups is 2. The molecule has 0 saturated carbocycles.